The molecule has 1 atom stereocenters. The zero-order valence-corrected chi connectivity index (χ0v) is 7.99. The van der Waals surface area contributed by atoms with Crippen LogP contribution < -0.4 is 0 Å². The van der Waals surface area contributed by atoms with Gasteiger partial charge >= 0.3 is 0 Å². The molecule has 3 nitrogen and oxygen atoms in total. The van der Waals surface area contributed by atoms with Gasteiger partial charge in [-0.2, -0.15) is 4.99 Å². The largest absolute Gasteiger partial charge is 0.289 e. The lowest BCUT2D eigenvalue weighted by Gasteiger charge is -2.00. The van der Waals surface area contributed by atoms with Gasteiger partial charge in [0, 0.05) is 11.8 Å². The molecule has 0 saturated carbocycles. The summed E-state index contributed by atoms with van der Waals surface area (Å²) in [6.07, 6.45) is 3.04. The van der Waals surface area contributed by atoms with Crippen LogP contribution in [0.4, 0.5) is 0 Å². The molecule has 0 spiro atoms. The monoisotopic (exact) mass is 206 g/mol. The Morgan fingerprint density at radius 3 is 2.75 bits per heavy atom. The van der Waals surface area contributed by atoms with Crippen molar-refractivity contribution >= 4 is 34.5 Å². The summed E-state index contributed by atoms with van der Waals surface area (Å²) >= 11 is 10.9. The summed E-state index contributed by atoms with van der Waals surface area (Å²) in [6, 6.07) is 0. The van der Waals surface area contributed by atoms with E-state index in [0.717, 1.165) is 0 Å². The van der Waals surface area contributed by atoms with E-state index in [4.69, 9.17) is 28.6 Å². The fraction of sp³-hybridized carbons (Fsp3) is 0.429. The summed E-state index contributed by atoms with van der Waals surface area (Å²) < 4.78 is 0. The lowest BCUT2D eigenvalue weighted by atomic mass is 10.2. The molecule has 0 aliphatic carbocycles. The molecular weight excluding hydrogens is 199 g/mol. The predicted molar refractivity (Wildman–Crippen MR) is 49.7 cm³/mol. The molecule has 0 amide bonds. The first-order chi connectivity index (χ1) is 5.56. The molecule has 0 aliphatic rings. The molecule has 0 fully saturated rings. The van der Waals surface area contributed by atoms with Gasteiger partial charge in [0.1, 0.15) is 5.17 Å². The number of isocyanates is 1. The molecule has 0 aromatic carbocycles. The highest BCUT2D eigenvalue weighted by Crippen LogP contribution is 2.11. The van der Waals surface area contributed by atoms with Gasteiger partial charge in [-0.3, -0.25) is 5.41 Å². The van der Waals surface area contributed by atoms with Crippen LogP contribution in [0.3, 0.4) is 0 Å². The number of allylic oxidation sites excluding steroid dienone is 2. The van der Waals surface area contributed by atoms with Crippen LogP contribution in [0, 0.1) is 5.41 Å². The number of rotatable bonds is 4. The van der Waals surface area contributed by atoms with Crippen LogP contribution in [-0.4, -0.2) is 16.6 Å². The van der Waals surface area contributed by atoms with Gasteiger partial charge < -0.3 is 0 Å². The topological polar surface area (TPSA) is 53.3 Å². The molecule has 66 valence electrons. The van der Waals surface area contributed by atoms with Crippen molar-refractivity contribution in [2.24, 2.45) is 4.99 Å². The number of aliphatic imine (C=N–C) groups is 1. The second-order valence-electron chi connectivity index (χ2n) is 2.17. The first-order valence-electron chi connectivity index (χ1n) is 3.23. The number of hydrogen-bond donors (Lipinski definition) is 1. The van der Waals surface area contributed by atoms with Gasteiger partial charge in [-0.05, 0) is 13.0 Å². The Morgan fingerprint density at radius 2 is 2.42 bits per heavy atom. The van der Waals surface area contributed by atoms with E-state index in [0.29, 0.717) is 12.1 Å². The van der Waals surface area contributed by atoms with E-state index in [9.17, 15) is 4.79 Å². The van der Waals surface area contributed by atoms with E-state index < -0.39 is 0 Å². The zero-order valence-electron chi connectivity index (χ0n) is 6.47. The molecule has 1 N–H and O–H groups in total. The van der Waals surface area contributed by atoms with E-state index in [1.54, 1.807) is 6.92 Å². The Morgan fingerprint density at radius 1 is 1.83 bits per heavy atom. The number of halogens is 2. The molecule has 0 radical (unpaired) electrons. The van der Waals surface area contributed by atoms with E-state index in [1.807, 2.05) is 0 Å². The molecule has 0 aromatic heterocycles. The standard InChI is InChI=1S/C7H8Cl2N2O/c1-5(8)2-6(11-4-12)3-7(9)10/h3,5,10H,2H2,1H3/b6-3+,10-7?. The van der Waals surface area contributed by atoms with Gasteiger partial charge in [0.2, 0.25) is 6.08 Å². The van der Waals surface area contributed by atoms with Crippen molar-refractivity contribution in [3.63, 3.8) is 0 Å². The minimum Gasteiger partial charge on any atom is -0.289 e. The molecule has 5 heteroatoms. The molecule has 12 heavy (non-hydrogen) atoms. The lowest BCUT2D eigenvalue weighted by molar-refractivity contribution is 0.564. The molecule has 0 bridgehead atoms. The summed E-state index contributed by atoms with van der Waals surface area (Å²) in [5.74, 6) is 0. The number of carbonyl (C=O) groups excluding carboxylic acids is 1. The normalized spacial score (nSPS) is 13.4. The molecular formula is C7H8Cl2N2O. The summed E-state index contributed by atoms with van der Waals surface area (Å²) in [6.45, 7) is 1.76. The molecule has 0 aromatic rings. The van der Waals surface area contributed by atoms with Crippen LogP contribution >= 0.6 is 23.2 Å². The summed E-state index contributed by atoms with van der Waals surface area (Å²) in [5, 5.41) is 6.58. The zero-order chi connectivity index (χ0) is 9.56. The van der Waals surface area contributed by atoms with E-state index >= 15 is 0 Å². The number of hydrogen-bond acceptors (Lipinski definition) is 3. The van der Waals surface area contributed by atoms with Crippen molar-refractivity contribution in [2.45, 2.75) is 18.7 Å². The second kappa shape index (κ2) is 5.95. The molecule has 1 unspecified atom stereocenters. The highest BCUT2D eigenvalue weighted by Gasteiger charge is 2.01. The Kier molecular flexibility index (Phi) is 5.64. The smallest absolute Gasteiger partial charge is 0.240 e. The summed E-state index contributed by atoms with van der Waals surface area (Å²) in [5.41, 5.74) is 0.368. The molecule has 0 rings (SSSR count). The summed E-state index contributed by atoms with van der Waals surface area (Å²) in [4.78, 5) is 13.2. The first kappa shape index (κ1) is 11.4. The van der Waals surface area contributed by atoms with Crippen molar-refractivity contribution in [2.75, 3.05) is 0 Å². The number of alkyl halides is 1. The van der Waals surface area contributed by atoms with Crippen molar-refractivity contribution in [3.8, 4) is 0 Å². The van der Waals surface area contributed by atoms with Crippen LogP contribution in [0.25, 0.3) is 0 Å². The van der Waals surface area contributed by atoms with Crippen LogP contribution in [0.15, 0.2) is 16.8 Å². The SMILES string of the molecule is CC(Cl)C/C(=C\C(=N)Cl)N=C=O. The molecule has 0 heterocycles. The average Bonchev–Trinajstić information content (AvgIpc) is 1.84. The van der Waals surface area contributed by atoms with Gasteiger partial charge in [-0.1, -0.05) is 11.6 Å². The fourth-order valence-electron chi connectivity index (χ4n) is 0.630. The maximum absolute atomic E-state index is 9.89. The fourth-order valence-corrected chi connectivity index (χ4v) is 0.914. The van der Waals surface area contributed by atoms with Gasteiger partial charge in [-0.25, -0.2) is 4.79 Å². The van der Waals surface area contributed by atoms with E-state index in [-0.39, 0.29) is 10.5 Å². The summed E-state index contributed by atoms with van der Waals surface area (Å²) in [7, 11) is 0. The lowest BCUT2D eigenvalue weighted by Crippen LogP contribution is -1.93. The molecule has 0 aliphatic heterocycles. The Balaban J connectivity index is 4.43. The maximum atomic E-state index is 9.89. The third-order valence-electron chi connectivity index (χ3n) is 0.973. The van der Waals surface area contributed by atoms with Crippen LogP contribution in [-0.2, 0) is 4.79 Å². The van der Waals surface area contributed by atoms with Crippen LogP contribution in [0.5, 0.6) is 0 Å². The van der Waals surface area contributed by atoms with Crippen molar-refractivity contribution in [1.82, 2.24) is 0 Å². The highest BCUT2D eigenvalue weighted by atomic mass is 35.5. The van der Waals surface area contributed by atoms with Gasteiger partial charge in [0.25, 0.3) is 0 Å². The Hall–Kier alpha value is -0.630. The average molecular weight is 207 g/mol. The Labute approximate surface area is 80.6 Å². The molecule has 0 saturated heterocycles. The van der Waals surface area contributed by atoms with Gasteiger partial charge in [-0.15, -0.1) is 11.6 Å². The van der Waals surface area contributed by atoms with E-state index in [1.165, 1.54) is 12.2 Å². The van der Waals surface area contributed by atoms with Crippen molar-refractivity contribution in [3.05, 3.63) is 11.8 Å². The Bertz CT molecular complexity index is 242. The van der Waals surface area contributed by atoms with Gasteiger partial charge in [0.05, 0.1) is 5.70 Å². The van der Waals surface area contributed by atoms with Crippen molar-refractivity contribution < 1.29 is 4.79 Å². The van der Waals surface area contributed by atoms with E-state index in [2.05, 4.69) is 4.99 Å². The van der Waals surface area contributed by atoms with Crippen molar-refractivity contribution in [1.29, 1.82) is 5.41 Å². The van der Waals surface area contributed by atoms with Crippen LogP contribution in [0.1, 0.15) is 13.3 Å². The third-order valence-corrected chi connectivity index (χ3v) is 1.24. The maximum Gasteiger partial charge on any atom is 0.240 e. The van der Waals surface area contributed by atoms with Gasteiger partial charge in [0.15, 0.2) is 0 Å². The highest BCUT2D eigenvalue weighted by molar-refractivity contribution is 6.67. The predicted octanol–water partition coefficient (Wildman–Crippen LogP) is 2.44. The number of nitrogens with one attached hydrogen (secondary N) is 1. The second-order valence-corrected chi connectivity index (χ2v) is 3.32. The van der Waals surface area contributed by atoms with Crippen LogP contribution in [0.2, 0.25) is 0 Å². The minimum absolute atomic E-state index is 0.149. The number of nitrogens with zero attached hydrogens (tertiary/aromatic N) is 1. The minimum atomic E-state index is -0.179. The first-order valence-corrected chi connectivity index (χ1v) is 4.04. The third kappa shape index (κ3) is 6.10. The quantitative estimate of drug-likeness (QED) is 0.429.